The van der Waals surface area contributed by atoms with Crippen molar-refractivity contribution in [3.63, 3.8) is 0 Å². The molecule has 5 nitrogen and oxygen atoms in total. The van der Waals surface area contributed by atoms with E-state index in [-0.39, 0.29) is 23.1 Å². The average molecular weight is 160 g/mol. The molecule has 0 spiro atoms. The molecule has 0 rings (SSSR count). The Morgan fingerprint density at radius 3 is 1.90 bits per heavy atom. The molecule has 0 heterocycles. The molecule has 56 valence electrons. The van der Waals surface area contributed by atoms with Crippen molar-refractivity contribution in [3.8, 4) is 0 Å². The Labute approximate surface area is 73.4 Å². The fraction of sp³-hybridized carbons (Fsp3) is 0.750. The quantitative estimate of drug-likeness (QED) is 0.340. The number of hydrogen-bond donors (Lipinski definition) is 4. The number of carboxylic acids is 1. The van der Waals surface area contributed by atoms with Crippen molar-refractivity contribution in [2.24, 2.45) is 0 Å². The minimum Gasteiger partial charge on any atom is -0.479 e. The van der Waals surface area contributed by atoms with E-state index in [2.05, 4.69) is 0 Å². The summed E-state index contributed by atoms with van der Waals surface area (Å²) in [5, 5.41) is 32.8. The summed E-state index contributed by atoms with van der Waals surface area (Å²) in [5.74, 6) is -1.54. The predicted octanol–water partition coefficient (Wildman–Crippen LogP) is -2.60. The first-order valence-electron chi connectivity index (χ1n) is 2.29. The van der Waals surface area contributed by atoms with E-state index in [1.165, 1.54) is 0 Å². The van der Waals surface area contributed by atoms with Gasteiger partial charge in [-0.15, -0.1) is 0 Å². The molecule has 0 amide bonds. The van der Waals surface area contributed by atoms with Gasteiger partial charge in [-0.1, -0.05) is 0 Å². The molecular formula is C4H8MgO5. The van der Waals surface area contributed by atoms with Crippen molar-refractivity contribution in [3.05, 3.63) is 0 Å². The van der Waals surface area contributed by atoms with Gasteiger partial charge in [0.15, 0.2) is 6.10 Å². The van der Waals surface area contributed by atoms with Crippen LogP contribution in [0.3, 0.4) is 0 Å². The van der Waals surface area contributed by atoms with Crippen LogP contribution in [0.2, 0.25) is 0 Å². The topological polar surface area (TPSA) is 98.0 Å². The van der Waals surface area contributed by atoms with E-state index in [9.17, 15) is 4.79 Å². The van der Waals surface area contributed by atoms with Gasteiger partial charge in [-0.2, -0.15) is 0 Å². The molecule has 0 aromatic carbocycles. The molecule has 0 aliphatic heterocycles. The molecule has 0 bridgehead atoms. The van der Waals surface area contributed by atoms with Gasteiger partial charge in [0.25, 0.3) is 0 Å². The smallest absolute Gasteiger partial charge is 0.335 e. The normalized spacial score (nSPS) is 15.1. The first kappa shape index (κ1) is 12.8. The molecule has 0 aliphatic rings. The fourth-order valence-electron chi connectivity index (χ4n) is 0.264. The largest absolute Gasteiger partial charge is 0.479 e. The van der Waals surface area contributed by atoms with Crippen LogP contribution in [0.5, 0.6) is 0 Å². The first-order valence-corrected chi connectivity index (χ1v) is 2.29. The van der Waals surface area contributed by atoms with Gasteiger partial charge in [0.1, 0.15) is 6.10 Å². The number of aliphatic hydroxyl groups is 3. The van der Waals surface area contributed by atoms with E-state index in [1.54, 1.807) is 0 Å². The van der Waals surface area contributed by atoms with E-state index < -0.39 is 24.8 Å². The summed E-state index contributed by atoms with van der Waals surface area (Å²) >= 11 is 0. The minimum atomic E-state index is -1.89. The highest BCUT2D eigenvalue weighted by Crippen LogP contribution is 1.90. The molecule has 4 N–H and O–H groups in total. The number of carbonyl (C=O) groups is 1. The van der Waals surface area contributed by atoms with Gasteiger partial charge in [-0.05, 0) is 0 Å². The Balaban J connectivity index is 0. The molecule has 6 heteroatoms. The maximum atomic E-state index is 9.78. The van der Waals surface area contributed by atoms with Crippen LogP contribution in [0.15, 0.2) is 0 Å². The van der Waals surface area contributed by atoms with Crippen molar-refractivity contribution in [1.82, 2.24) is 0 Å². The zero-order valence-electron chi connectivity index (χ0n) is 5.27. The third-order valence-corrected chi connectivity index (χ3v) is 0.805. The Kier molecular flexibility index (Phi) is 7.49. The number of carboxylic acid groups (broad SMARTS) is 1. The van der Waals surface area contributed by atoms with Crippen LogP contribution < -0.4 is 0 Å². The molecule has 0 fully saturated rings. The zero-order chi connectivity index (χ0) is 7.44. The van der Waals surface area contributed by atoms with Crippen LogP contribution in [0.25, 0.3) is 0 Å². The highest BCUT2D eigenvalue weighted by molar-refractivity contribution is 5.75. The standard InChI is InChI=1S/C4H8O5.Mg/c5-1-2(6)3(7)4(8)9;/h2-3,5-7H,1H2,(H,8,9);/t2-,3+;/m0./s1. The predicted molar refractivity (Wildman–Crippen MR) is 32.5 cm³/mol. The van der Waals surface area contributed by atoms with Crippen LogP contribution >= 0.6 is 0 Å². The van der Waals surface area contributed by atoms with E-state index in [1.807, 2.05) is 0 Å². The maximum Gasteiger partial charge on any atom is 0.335 e. The lowest BCUT2D eigenvalue weighted by Crippen LogP contribution is -2.36. The molecule has 2 atom stereocenters. The molecule has 0 aliphatic carbocycles. The maximum absolute atomic E-state index is 9.78. The van der Waals surface area contributed by atoms with Crippen LogP contribution in [0.4, 0.5) is 0 Å². The molecule has 0 aromatic heterocycles. The van der Waals surface area contributed by atoms with Crippen molar-refractivity contribution < 1.29 is 25.2 Å². The lowest BCUT2D eigenvalue weighted by molar-refractivity contribution is -0.154. The minimum absolute atomic E-state index is 0. The van der Waals surface area contributed by atoms with Crippen LogP contribution in [-0.2, 0) is 4.79 Å². The highest BCUT2D eigenvalue weighted by atomic mass is 24.3. The summed E-state index contributed by atoms with van der Waals surface area (Å²) in [5.41, 5.74) is 0. The number of aliphatic carboxylic acids is 1. The SMILES string of the molecule is O=C(O)[C@H](O)[C@@H](O)CO.[Mg]. The summed E-state index contributed by atoms with van der Waals surface area (Å²) < 4.78 is 0. The molecule has 0 saturated carbocycles. The number of hydrogen-bond acceptors (Lipinski definition) is 4. The monoisotopic (exact) mass is 160 g/mol. The van der Waals surface area contributed by atoms with Crippen LogP contribution in [0, 0.1) is 0 Å². The summed E-state index contributed by atoms with van der Waals surface area (Å²) in [6.45, 7) is -0.756. The van der Waals surface area contributed by atoms with Gasteiger partial charge in [-0.3, -0.25) is 0 Å². The van der Waals surface area contributed by atoms with Gasteiger partial charge in [0.05, 0.1) is 6.61 Å². The third kappa shape index (κ3) is 4.02. The lowest BCUT2D eigenvalue weighted by Gasteiger charge is -2.09. The van der Waals surface area contributed by atoms with Crippen molar-refractivity contribution >= 4 is 29.0 Å². The van der Waals surface area contributed by atoms with E-state index in [0.29, 0.717) is 0 Å². The summed E-state index contributed by atoms with van der Waals surface area (Å²) in [7, 11) is 0. The van der Waals surface area contributed by atoms with E-state index >= 15 is 0 Å². The molecular weight excluding hydrogens is 152 g/mol. The zero-order valence-corrected chi connectivity index (χ0v) is 6.68. The molecule has 10 heavy (non-hydrogen) atoms. The average Bonchev–Trinajstić information content (AvgIpc) is 1.84. The van der Waals surface area contributed by atoms with Gasteiger partial charge >= 0.3 is 5.97 Å². The second-order valence-corrected chi connectivity index (χ2v) is 1.53. The summed E-state index contributed by atoms with van der Waals surface area (Å²) in [6.07, 6.45) is -3.49. The van der Waals surface area contributed by atoms with Gasteiger partial charge in [0, 0.05) is 23.1 Å². The molecule has 2 radical (unpaired) electrons. The van der Waals surface area contributed by atoms with Crippen LogP contribution in [0.1, 0.15) is 0 Å². The first-order chi connectivity index (χ1) is 4.09. The van der Waals surface area contributed by atoms with Crippen LogP contribution in [-0.4, -0.2) is 68.3 Å². The summed E-state index contributed by atoms with van der Waals surface area (Å²) in [4.78, 5) is 9.78. The third-order valence-electron chi connectivity index (χ3n) is 0.805. The highest BCUT2D eigenvalue weighted by Gasteiger charge is 2.21. The second-order valence-electron chi connectivity index (χ2n) is 1.53. The number of aliphatic hydroxyl groups excluding tert-OH is 3. The fourth-order valence-corrected chi connectivity index (χ4v) is 0.264. The Morgan fingerprint density at radius 1 is 1.40 bits per heavy atom. The summed E-state index contributed by atoms with van der Waals surface area (Å²) in [6, 6.07) is 0. The van der Waals surface area contributed by atoms with Crippen molar-refractivity contribution in [2.75, 3.05) is 6.61 Å². The van der Waals surface area contributed by atoms with Gasteiger partial charge < -0.3 is 20.4 Å². The van der Waals surface area contributed by atoms with Gasteiger partial charge in [0.2, 0.25) is 0 Å². The van der Waals surface area contributed by atoms with E-state index in [4.69, 9.17) is 20.4 Å². The lowest BCUT2D eigenvalue weighted by atomic mass is 10.2. The Bertz CT molecular complexity index is 106. The molecule has 0 saturated heterocycles. The number of rotatable bonds is 3. The molecule has 0 unspecified atom stereocenters. The van der Waals surface area contributed by atoms with Crippen molar-refractivity contribution in [1.29, 1.82) is 0 Å². The second kappa shape index (κ2) is 5.87. The molecule has 0 aromatic rings. The van der Waals surface area contributed by atoms with E-state index in [0.717, 1.165) is 0 Å². The Hall–Kier alpha value is 0.116. The Morgan fingerprint density at radius 2 is 1.80 bits per heavy atom. The van der Waals surface area contributed by atoms with Gasteiger partial charge in [-0.25, -0.2) is 4.79 Å². The van der Waals surface area contributed by atoms with Crippen molar-refractivity contribution in [2.45, 2.75) is 12.2 Å².